The molecule has 6 nitrogen and oxygen atoms in total. The fraction of sp³-hybridized carbons (Fsp3) is 0.474. The first-order valence-corrected chi connectivity index (χ1v) is 8.99. The maximum Gasteiger partial charge on any atom is 0.317 e. The van der Waals surface area contributed by atoms with Crippen LogP contribution in [0.25, 0.3) is 0 Å². The number of carbonyl (C=O) groups excluding carboxylic acids is 1. The van der Waals surface area contributed by atoms with E-state index >= 15 is 0 Å². The minimum atomic E-state index is 0.0277. The van der Waals surface area contributed by atoms with Crippen molar-refractivity contribution in [2.24, 2.45) is 0 Å². The summed E-state index contributed by atoms with van der Waals surface area (Å²) >= 11 is 0. The minimum absolute atomic E-state index is 0.0277. The number of nitrogens with one attached hydrogen (secondary N) is 2. The number of likely N-dealkylation sites (tertiary alicyclic amines) is 1. The highest BCUT2D eigenvalue weighted by Crippen LogP contribution is 2.35. The van der Waals surface area contributed by atoms with Crippen molar-refractivity contribution < 1.29 is 9.53 Å². The summed E-state index contributed by atoms with van der Waals surface area (Å²) in [4.78, 5) is 14.5. The number of para-hydroxylation sites is 1. The summed E-state index contributed by atoms with van der Waals surface area (Å²) < 4.78 is 5.74. The largest absolute Gasteiger partial charge is 0.493 e. The molecule has 2 amide bonds. The van der Waals surface area contributed by atoms with Crippen LogP contribution in [0.1, 0.15) is 42.9 Å². The van der Waals surface area contributed by atoms with E-state index in [-0.39, 0.29) is 18.0 Å². The summed E-state index contributed by atoms with van der Waals surface area (Å²) in [6, 6.07) is 10.2. The summed E-state index contributed by atoms with van der Waals surface area (Å²) in [7, 11) is 0. The van der Waals surface area contributed by atoms with Gasteiger partial charge in [-0.1, -0.05) is 18.2 Å². The molecule has 1 aromatic heterocycles. The molecule has 4 rings (SSSR count). The van der Waals surface area contributed by atoms with Crippen molar-refractivity contribution in [3.63, 3.8) is 0 Å². The van der Waals surface area contributed by atoms with Gasteiger partial charge in [0.05, 0.1) is 6.61 Å². The van der Waals surface area contributed by atoms with Gasteiger partial charge in [-0.3, -0.25) is 5.10 Å². The molecule has 25 heavy (non-hydrogen) atoms. The third kappa shape index (κ3) is 3.21. The normalized spacial score (nSPS) is 21.5. The standard InChI is InChI=1S/C19H24N4O2/c1-13(16-12-25-18-5-3-2-4-15(16)18)21-19(24)23-10-7-14(8-11-23)17-6-9-20-22-17/h2-6,9,13-14,16H,7-8,10-12H2,1H3,(H,20,22)(H,21,24)/t13-,16-/m0/s1. The molecule has 2 aliphatic rings. The van der Waals surface area contributed by atoms with E-state index in [9.17, 15) is 4.79 Å². The Morgan fingerprint density at radius 2 is 2.12 bits per heavy atom. The number of amides is 2. The number of rotatable bonds is 3. The molecule has 132 valence electrons. The average molecular weight is 340 g/mol. The van der Waals surface area contributed by atoms with Crippen molar-refractivity contribution in [3.8, 4) is 5.75 Å². The SMILES string of the molecule is C[C@H](NC(=O)N1CCC(c2ccn[nH]2)CC1)[C@@H]1COc2ccccc21. The molecule has 0 radical (unpaired) electrons. The lowest BCUT2D eigenvalue weighted by Gasteiger charge is -2.33. The van der Waals surface area contributed by atoms with Gasteiger partial charge in [-0.2, -0.15) is 5.10 Å². The molecular weight excluding hydrogens is 316 g/mol. The molecule has 0 bridgehead atoms. The molecule has 3 heterocycles. The Labute approximate surface area is 147 Å². The molecule has 0 unspecified atom stereocenters. The van der Waals surface area contributed by atoms with Crippen LogP contribution in [0.2, 0.25) is 0 Å². The minimum Gasteiger partial charge on any atom is -0.493 e. The van der Waals surface area contributed by atoms with Crippen molar-refractivity contribution in [1.82, 2.24) is 20.4 Å². The second-order valence-corrected chi connectivity index (χ2v) is 6.97. The predicted molar refractivity (Wildman–Crippen MR) is 94.8 cm³/mol. The van der Waals surface area contributed by atoms with E-state index in [4.69, 9.17) is 4.74 Å². The Bertz CT molecular complexity index is 723. The zero-order valence-corrected chi connectivity index (χ0v) is 14.4. The highest BCUT2D eigenvalue weighted by atomic mass is 16.5. The van der Waals surface area contributed by atoms with Gasteiger partial charge in [0.2, 0.25) is 0 Å². The summed E-state index contributed by atoms with van der Waals surface area (Å²) in [6.07, 6.45) is 3.73. The Morgan fingerprint density at radius 3 is 2.88 bits per heavy atom. The van der Waals surface area contributed by atoms with Crippen molar-refractivity contribution in [2.75, 3.05) is 19.7 Å². The number of fused-ring (bicyclic) bond motifs is 1. The summed E-state index contributed by atoms with van der Waals surface area (Å²) in [6.45, 7) is 4.24. The third-order valence-corrected chi connectivity index (χ3v) is 5.44. The first-order valence-electron chi connectivity index (χ1n) is 8.99. The molecule has 0 saturated carbocycles. The lowest BCUT2D eigenvalue weighted by Crippen LogP contribution is -2.48. The Morgan fingerprint density at radius 1 is 1.32 bits per heavy atom. The number of hydrogen-bond acceptors (Lipinski definition) is 3. The molecule has 6 heteroatoms. The number of H-pyrrole nitrogens is 1. The average Bonchev–Trinajstić information content (AvgIpc) is 3.31. The fourth-order valence-corrected chi connectivity index (χ4v) is 3.88. The highest BCUT2D eigenvalue weighted by molar-refractivity contribution is 5.74. The van der Waals surface area contributed by atoms with Crippen LogP contribution in [0, 0.1) is 0 Å². The first kappa shape index (κ1) is 16.0. The molecule has 2 N–H and O–H groups in total. The van der Waals surface area contributed by atoms with Crippen molar-refractivity contribution in [1.29, 1.82) is 0 Å². The van der Waals surface area contributed by atoms with Crippen LogP contribution in [0.15, 0.2) is 36.5 Å². The van der Waals surface area contributed by atoms with Gasteiger partial charge < -0.3 is 15.0 Å². The number of nitrogens with zero attached hydrogens (tertiary/aromatic N) is 2. The maximum absolute atomic E-state index is 12.6. The number of benzene rings is 1. The molecule has 2 aliphatic heterocycles. The van der Waals surface area contributed by atoms with E-state index < -0.39 is 0 Å². The van der Waals surface area contributed by atoms with Crippen molar-refractivity contribution in [2.45, 2.75) is 37.6 Å². The first-order chi connectivity index (χ1) is 12.2. The van der Waals surface area contributed by atoms with Crippen LogP contribution in [-0.4, -0.2) is 46.9 Å². The molecule has 1 fully saturated rings. The molecule has 2 atom stereocenters. The quantitative estimate of drug-likeness (QED) is 0.902. The van der Waals surface area contributed by atoms with E-state index in [0.29, 0.717) is 12.5 Å². The van der Waals surface area contributed by atoms with Gasteiger partial charge in [-0.25, -0.2) is 4.79 Å². The molecule has 0 aliphatic carbocycles. The van der Waals surface area contributed by atoms with Crippen LogP contribution in [-0.2, 0) is 0 Å². The van der Waals surface area contributed by atoms with Crippen molar-refractivity contribution >= 4 is 6.03 Å². The maximum atomic E-state index is 12.6. The lowest BCUT2D eigenvalue weighted by molar-refractivity contribution is 0.175. The third-order valence-electron chi connectivity index (χ3n) is 5.44. The highest BCUT2D eigenvalue weighted by Gasteiger charge is 2.31. The summed E-state index contributed by atoms with van der Waals surface area (Å²) in [5.41, 5.74) is 2.36. The number of hydrogen-bond donors (Lipinski definition) is 2. The molecular formula is C19H24N4O2. The lowest BCUT2D eigenvalue weighted by atomic mass is 9.93. The van der Waals surface area contributed by atoms with Gasteiger partial charge in [-0.15, -0.1) is 0 Å². The van der Waals surface area contributed by atoms with Crippen LogP contribution in [0.4, 0.5) is 4.79 Å². The second kappa shape index (κ2) is 6.78. The molecule has 1 aromatic carbocycles. The summed E-state index contributed by atoms with van der Waals surface area (Å²) in [5, 5.41) is 10.2. The number of aromatic amines is 1. The van der Waals surface area contributed by atoms with Crippen LogP contribution >= 0.6 is 0 Å². The molecule has 2 aromatic rings. The van der Waals surface area contributed by atoms with Crippen molar-refractivity contribution in [3.05, 3.63) is 47.8 Å². The molecule has 1 saturated heterocycles. The zero-order chi connectivity index (χ0) is 17.2. The summed E-state index contributed by atoms with van der Waals surface area (Å²) in [5.74, 6) is 1.62. The number of carbonyl (C=O) groups is 1. The smallest absolute Gasteiger partial charge is 0.317 e. The van der Waals surface area contributed by atoms with E-state index in [1.165, 1.54) is 11.3 Å². The van der Waals surface area contributed by atoms with Gasteiger partial charge in [0.15, 0.2) is 0 Å². The Balaban J connectivity index is 1.32. The Kier molecular flexibility index (Phi) is 4.34. The second-order valence-electron chi connectivity index (χ2n) is 6.97. The number of aromatic nitrogens is 2. The van der Waals surface area contributed by atoms with Gasteiger partial charge in [0.25, 0.3) is 0 Å². The van der Waals surface area contributed by atoms with Crippen LogP contribution in [0.5, 0.6) is 5.75 Å². The monoisotopic (exact) mass is 340 g/mol. The Hall–Kier alpha value is -2.50. The van der Waals surface area contributed by atoms with Crippen LogP contribution < -0.4 is 10.1 Å². The van der Waals surface area contributed by atoms with E-state index in [1.807, 2.05) is 29.2 Å². The predicted octanol–water partition coefficient (Wildman–Crippen LogP) is 2.86. The topological polar surface area (TPSA) is 70.2 Å². The number of ether oxygens (including phenoxy) is 1. The zero-order valence-electron chi connectivity index (χ0n) is 14.4. The van der Waals surface area contributed by atoms with Gasteiger partial charge >= 0.3 is 6.03 Å². The van der Waals surface area contributed by atoms with E-state index in [2.05, 4.69) is 28.5 Å². The van der Waals surface area contributed by atoms with E-state index in [1.54, 1.807) is 6.20 Å². The fourth-order valence-electron chi connectivity index (χ4n) is 3.88. The van der Waals surface area contributed by atoms with Gasteiger partial charge in [0.1, 0.15) is 5.75 Å². The van der Waals surface area contributed by atoms with Gasteiger partial charge in [-0.05, 0) is 31.9 Å². The number of urea groups is 1. The molecule has 0 spiro atoms. The number of piperidine rings is 1. The van der Waals surface area contributed by atoms with Crippen LogP contribution in [0.3, 0.4) is 0 Å². The van der Waals surface area contributed by atoms with Gasteiger partial charge in [0, 0.05) is 48.4 Å². The van der Waals surface area contributed by atoms with E-state index in [0.717, 1.165) is 31.7 Å².